The van der Waals surface area contributed by atoms with Gasteiger partial charge in [0, 0.05) is 24.5 Å². The molecule has 2 aromatic heterocycles. The van der Waals surface area contributed by atoms with Crippen LogP contribution in [0.15, 0.2) is 11.6 Å². The number of hydrogen-bond acceptors (Lipinski definition) is 6. The highest BCUT2D eigenvalue weighted by molar-refractivity contribution is 7.09. The summed E-state index contributed by atoms with van der Waals surface area (Å²) in [6, 6.07) is 0. The lowest BCUT2D eigenvalue weighted by Crippen LogP contribution is -2.14. The zero-order chi connectivity index (χ0) is 13.8. The monoisotopic (exact) mass is 278 g/mol. The van der Waals surface area contributed by atoms with E-state index in [-0.39, 0.29) is 5.56 Å². The van der Waals surface area contributed by atoms with E-state index in [1.165, 1.54) is 0 Å². The Morgan fingerprint density at radius 2 is 2.21 bits per heavy atom. The Hall–Kier alpha value is -2.02. The van der Waals surface area contributed by atoms with Crippen LogP contribution in [0.3, 0.4) is 0 Å². The molecule has 0 saturated carbocycles. The molecule has 0 fully saturated rings. The fraction of sp³-hybridized carbons (Fsp3) is 0.333. The molecule has 0 atom stereocenters. The van der Waals surface area contributed by atoms with Gasteiger partial charge in [0.2, 0.25) is 0 Å². The molecule has 0 aliphatic heterocycles. The molecule has 0 radical (unpaired) electrons. The Bertz CT molecular complexity index is 584. The van der Waals surface area contributed by atoms with Crippen molar-refractivity contribution in [2.75, 3.05) is 11.9 Å². The van der Waals surface area contributed by atoms with Crippen LogP contribution < -0.4 is 5.32 Å². The van der Waals surface area contributed by atoms with Crippen molar-refractivity contribution >= 4 is 23.1 Å². The molecule has 2 rings (SSSR count). The van der Waals surface area contributed by atoms with Crippen molar-refractivity contribution in [2.24, 2.45) is 0 Å². The Kier molecular flexibility index (Phi) is 4.06. The summed E-state index contributed by atoms with van der Waals surface area (Å²) in [4.78, 5) is 15.4. The second kappa shape index (κ2) is 5.75. The van der Waals surface area contributed by atoms with Gasteiger partial charge in [-0.2, -0.15) is 5.10 Å². The molecule has 2 aromatic rings. The number of aromatic carboxylic acids is 1. The lowest BCUT2D eigenvalue weighted by atomic mass is 10.1. The number of rotatable bonds is 5. The van der Waals surface area contributed by atoms with Crippen molar-refractivity contribution in [1.82, 2.24) is 15.2 Å². The fourth-order valence-corrected chi connectivity index (χ4v) is 2.28. The van der Waals surface area contributed by atoms with E-state index in [2.05, 4.69) is 20.5 Å². The van der Waals surface area contributed by atoms with Gasteiger partial charge in [-0.3, -0.25) is 0 Å². The van der Waals surface area contributed by atoms with Gasteiger partial charge in [0.25, 0.3) is 0 Å². The number of carbonyl (C=O) groups is 1. The van der Waals surface area contributed by atoms with Gasteiger partial charge >= 0.3 is 5.97 Å². The van der Waals surface area contributed by atoms with Gasteiger partial charge in [0.1, 0.15) is 5.56 Å². The third kappa shape index (κ3) is 3.05. The average Bonchev–Trinajstić information content (AvgIpc) is 2.86. The lowest BCUT2D eigenvalue weighted by molar-refractivity contribution is 0.0696. The maximum atomic E-state index is 11.3. The standard InChI is InChI=1S/C12H14N4O2S/c1-7-8(2)15-16-11(10(7)12(17)18)14-4-3-9-13-5-6-19-9/h5-6H,3-4H2,1-2H3,(H,14,16)(H,17,18). The average molecular weight is 278 g/mol. The highest BCUT2D eigenvalue weighted by Gasteiger charge is 2.17. The van der Waals surface area contributed by atoms with E-state index >= 15 is 0 Å². The Labute approximate surface area is 114 Å². The molecule has 0 bridgehead atoms. The predicted molar refractivity (Wildman–Crippen MR) is 72.8 cm³/mol. The smallest absolute Gasteiger partial charge is 0.339 e. The van der Waals surface area contributed by atoms with Gasteiger partial charge in [-0.1, -0.05) is 0 Å². The lowest BCUT2D eigenvalue weighted by Gasteiger charge is -2.10. The van der Waals surface area contributed by atoms with E-state index in [0.29, 0.717) is 23.6 Å². The molecule has 0 aliphatic rings. The molecule has 7 heteroatoms. The van der Waals surface area contributed by atoms with Crippen LogP contribution in [0.2, 0.25) is 0 Å². The van der Waals surface area contributed by atoms with E-state index in [1.54, 1.807) is 31.4 Å². The SMILES string of the molecule is Cc1nnc(NCCc2nccs2)c(C(=O)O)c1C. The van der Waals surface area contributed by atoms with E-state index in [1.807, 2.05) is 5.38 Å². The molecule has 0 unspecified atom stereocenters. The van der Waals surface area contributed by atoms with Crippen molar-refractivity contribution in [2.45, 2.75) is 20.3 Å². The minimum atomic E-state index is -0.993. The number of hydrogen-bond donors (Lipinski definition) is 2. The number of aromatic nitrogens is 3. The van der Waals surface area contributed by atoms with Gasteiger partial charge in [0.15, 0.2) is 5.82 Å². The van der Waals surface area contributed by atoms with Crippen LogP contribution in [-0.2, 0) is 6.42 Å². The summed E-state index contributed by atoms with van der Waals surface area (Å²) < 4.78 is 0. The Morgan fingerprint density at radius 3 is 2.84 bits per heavy atom. The number of nitrogens with one attached hydrogen (secondary N) is 1. The highest BCUT2D eigenvalue weighted by Crippen LogP contribution is 2.18. The molecular formula is C12H14N4O2S. The van der Waals surface area contributed by atoms with Gasteiger partial charge in [-0.05, 0) is 19.4 Å². The summed E-state index contributed by atoms with van der Waals surface area (Å²) in [6.45, 7) is 4.05. The zero-order valence-corrected chi connectivity index (χ0v) is 11.5. The first-order valence-corrected chi connectivity index (χ1v) is 6.67. The van der Waals surface area contributed by atoms with Crippen LogP contribution in [0.25, 0.3) is 0 Å². The summed E-state index contributed by atoms with van der Waals surface area (Å²) in [5.74, 6) is -0.681. The first kappa shape index (κ1) is 13.4. The van der Waals surface area contributed by atoms with Crippen LogP contribution in [0.4, 0.5) is 5.82 Å². The van der Waals surface area contributed by atoms with Crippen LogP contribution in [0.5, 0.6) is 0 Å². The molecule has 0 saturated heterocycles. The first-order valence-electron chi connectivity index (χ1n) is 5.79. The van der Waals surface area contributed by atoms with Crippen molar-refractivity contribution in [3.05, 3.63) is 33.4 Å². The van der Waals surface area contributed by atoms with E-state index in [4.69, 9.17) is 0 Å². The third-order valence-corrected chi connectivity index (χ3v) is 3.62. The number of aryl methyl sites for hydroxylation is 1. The second-order valence-corrected chi connectivity index (χ2v) is 5.02. The molecule has 100 valence electrons. The first-order chi connectivity index (χ1) is 9.09. The zero-order valence-electron chi connectivity index (χ0n) is 10.7. The molecule has 2 heterocycles. The minimum Gasteiger partial charge on any atom is -0.478 e. The van der Waals surface area contributed by atoms with Crippen LogP contribution in [-0.4, -0.2) is 32.8 Å². The number of carboxylic acid groups (broad SMARTS) is 1. The van der Waals surface area contributed by atoms with Gasteiger partial charge in [-0.15, -0.1) is 16.4 Å². The topological polar surface area (TPSA) is 88.0 Å². The van der Waals surface area contributed by atoms with Crippen molar-refractivity contribution in [3.63, 3.8) is 0 Å². The van der Waals surface area contributed by atoms with Gasteiger partial charge in [-0.25, -0.2) is 9.78 Å². The molecule has 6 nitrogen and oxygen atoms in total. The quantitative estimate of drug-likeness (QED) is 0.868. The Balaban J connectivity index is 2.11. The van der Waals surface area contributed by atoms with Gasteiger partial charge < -0.3 is 10.4 Å². The van der Waals surface area contributed by atoms with E-state index in [0.717, 1.165) is 11.4 Å². The largest absolute Gasteiger partial charge is 0.478 e. The number of nitrogens with zero attached hydrogens (tertiary/aromatic N) is 3. The highest BCUT2D eigenvalue weighted by atomic mass is 32.1. The molecular weight excluding hydrogens is 264 g/mol. The molecule has 0 amide bonds. The summed E-state index contributed by atoms with van der Waals surface area (Å²) in [5, 5.41) is 23.0. The van der Waals surface area contributed by atoms with E-state index < -0.39 is 5.97 Å². The summed E-state index contributed by atoms with van der Waals surface area (Å²) in [7, 11) is 0. The Morgan fingerprint density at radius 1 is 1.42 bits per heavy atom. The summed E-state index contributed by atoms with van der Waals surface area (Å²) >= 11 is 1.57. The molecule has 2 N–H and O–H groups in total. The van der Waals surface area contributed by atoms with Crippen molar-refractivity contribution in [1.29, 1.82) is 0 Å². The van der Waals surface area contributed by atoms with Crippen molar-refractivity contribution < 1.29 is 9.90 Å². The molecule has 19 heavy (non-hydrogen) atoms. The summed E-state index contributed by atoms with van der Waals surface area (Å²) in [5.41, 5.74) is 1.45. The molecule has 0 aromatic carbocycles. The summed E-state index contributed by atoms with van der Waals surface area (Å²) in [6.07, 6.45) is 2.48. The normalized spacial score (nSPS) is 10.4. The molecule has 0 spiro atoms. The maximum absolute atomic E-state index is 11.3. The fourth-order valence-electron chi connectivity index (χ4n) is 1.66. The number of thiazole rings is 1. The maximum Gasteiger partial charge on any atom is 0.339 e. The number of anilines is 1. The van der Waals surface area contributed by atoms with Gasteiger partial charge in [0.05, 0.1) is 10.7 Å². The third-order valence-electron chi connectivity index (χ3n) is 2.78. The number of carboxylic acids is 1. The minimum absolute atomic E-state index is 0.187. The predicted octanol–water partition coefficient (Wildman–Crippen LogP) is 1.90. The molecule has 0 aliphatic carbocycles. The second-order valence-electron chi connectivity index (χ2n) is 4.04. The van der Waals surface area contributed by atoms with Crippen LogP contribution >= 0.6 is 11.3 Å². The van der Waals surface area contributed by atoms with Crippen LogP contribution in [0.1, 0.15) is 26.6 Å². The van der Waals surface area contributed by atoms with Crippen LogP contribution in [0, 0.1) is 13.8 Å². The van der Waals surface area contributed by atoms with Crippen molar-refractivity contribution in [3.8, 4) is 0 Å². The van der Waals surface area contributed by atoms with E-state index in [9.17, 15) is 9.90 Å².